The van der Waals surface area contributed by atoms with Gasteiger partial charge in [-0.25, -0.2) is 9.37 Å². The number of thiazole rings is 1. The van der Waals surface area contributed by atoms with Crippen molar-refractivity contribution in [3.05, 3.63) is 29.0 Å². The van der Waals surface area contributed by atoms with Crippen LogP contribution in [0.2, 0.25) is 0 Å². The zero-order chi connectivity index (χ0) is 11.1. The molecule has 1 saturated heterocycles. The number of halogens is 1. The average molecular weight is 236 g/mol. The van der Waals surface area contributed by atoms with Gasteiger partial charge in [0, 0.05) is 12.5 Å². The Balaban J connectivity index is 2.04. The van der Waals surface area contributed by atoms with Gasteiger partial charge in [0.05, 0.1) is 15.2 Å². The lowest BCUT2D eigenvalue weighted by Crippen LogP contribution is -2.07. The van der Waals surface area contributed by atoms with Crippen LogP contribution < -0.4 is 5.32 Å². The Labute approximate surface area is 97.5 Å². The van der Waals surface area contributed by atoms with Crippen molar-refractivity contribution < 1.29 is 4.39 Å². The molecule has 0 radical (unpaired) electrons. The van der Waals surface area contributed by atoms with Crippen LogP contribution in [-0.4, -0.2) is 18.1 Å². The molecule has 1 N–H and O–H groups in total. The molecule has 0 amide bonds. The van der Waals surface area contributed by atoms with Gasteiger partial charge in [-0.05, 0) is 30.7 Å². The van der Waals surface area contributed by atoms with E-state index in [0.717, 1.165) is 28.3 Å². The van der Waals surface area contributed by atoms with Crippen LogP contribution in [0, 0.1) is 11.7 Å². The Kier molecular flexibility index (Phi) is 2.41. The predicted octanol–water partition coefficient (Wildman–Crippen LogP) is 2.76. The van der Waals surface area contributed by atoms with E-state index in [4.69, 9.17) is 0 Å². The van der Waals surface area contributed by atoms with E-state index in [1.807, 2.05) is 0 Å². The van der Waals surface area contributed by atoms with Crippen molar-refractivity contribution in [1.82, 2.24) is 10.3 Å². The molecule has 0 spiro atoms. The fraction of sp³-hybridized carbons (Fsp3) is 0.417. The molecule has 1 aliphatic heterocycles. The summed E-state index contributed by atoms with van der Waals surface area (Å²) >= 11 is 1.62. The molecule has 16 heavy (non-hydrogen) atoms. The van der Waals surface area contributed by atoms with Crippen molar-refractivity contribution in [3.63, 3.8) is 0 Å². The van der Waals surface area contributed by atoms with Crippen LogP contribution >= 0.6 is 11.3 Å². The molecule has 0 bridgehead atoms. The quantitative estimate of drug-likeness (QED) is 0.823. The maximum atomic E-state index is 13.1. The van der Waals surface area contributed by atoms with Gasteiger partial charge in [-0.15, -0.1) is 11.3 Å². The lowest BCUT2D eigenvalue weighted by Gasteiger charge is -2.09. The molecule has 2 atom stereocenters. The normalized spacial score (nSPS) is 25.4. The van der Waals surface area contributed by atoms with Crippen LogP contribution in [-0.2, 0) is 0 Å². The summed E-state index contributed by atoms with van der Waals surface area (Å²) in [6.45, 7) is 4.27. The van der Waals surface area contributed by atoms with E-state index in [9.17, 15) is 4.39 Å². The molecule has 0 aliphatic carbocycles. The molecule has 1 aromatic heterocycles. The lowest BCUT2D eigenvalue weighted by atomic mass is 9.99. The van der Waals surface area contributed by atoms with Gasteiger partial charge in [-0.1, -0.05) is 6.92 Å². The summed E-state index contributed by atoms with van der Waals surface area (Å²) in [6.07, 6.45) is 0. The molecular formula is C12H13FN2S. The maximum Gasteiger partial charge on any atom is 0.124 e. The topological polar surface area (TPSA) is 24.9 Å². The summed E-state index contributed by atoms with van der Waals surface area (Å²) in [4.78, 5) is 4.60. The van der Waals surface area contributed by atoms with E-state index >= 15 is 0 Å². The second kappa shape index (κ2) is 3.79. The first-order chi connectivity index (χ1) is 7.74. The highest BCUT2D eigenvalue weighted by atomic mass is 32.1. The van der Waals surface area contributed by atoms with Gasteiger partial charge >= 0.3 is 0 Å². The monoisotopic (exact) mass is 236 g/mol. The van der Waals surface area contributed by atoms with Crippen LogP contribution in [0.15, 0.2) is 18.2 Å². The smallest absolute Gasteiger partial charge is 0.124 e. The van der Waals surface area contributed by atoms with Crippen LogP contribution in [0.4, 0.5) is 4.39 Å². The molecule has 1 aromatic carbocycles. The summed E-state index contributed by atoms with van der Waals surface area (Å²) in [5, 5.41) is 4.51. The third kappa shape index (κ3) is 1.62. The maximum absolute atomic E-state index is 13.1. The highest BCUT2D eigenvalue weighted by molar-refractivity contribution is 7.18. The zero-order valence-corrected chi connectivity index (χ0v) is 9.85. The molecule has 84 valence electrons. The summed E-state index contributed by atoms with van der Waals surface area (Å²) in [5.74, 6) is 0.922. The second-order valence-electron chi connectivity index (χ2n) is 4.41. The molecule has 2 nitrogen and oxygen atoms in total. The Morgan fingerprint density at radius 3 is 3.06 bits per heavy atom. The van der Waals surface area contributed by atoms with Crippen molar-refractivity contribution in [2.45, 2.75) is 12.8 Å². The minimum Gasteiger partial charge on any atom is -0.316 e. The van der Waals surface area contributed by atoms with Crippen LogP contribution in [0.5, 0.6) is 0 Å². The summed E-state index contributed by atoms with van der Waals surface area (Å²) in [6, 6.07) is 4.81. The number of fused-ring (bicyclic) bond motifs is 1. The highest BCUT2D eigenvalue weighted by Crippen LogP contribution is 2.33. The minimum absolute atomic E-state index is 0.180. The lowest BCUT2D eigenvalue weighted by molar-refractivity contribution is 0.570. The number of nitrogens with zero attached hydrogens (tertiary/aromatic N) is 1. The molecule has 1 fully saturated rings. The predicted molar refractivity (Wildman–Crippen MR) is 64.4 cm³/mol. The molecule has 2 unspecified atom stereocenters. The Morgan fingerprint density at radius 1 is 1.44 bits per heavy atom. The van der Waals surface area contributed by atoms with Gasteiger partial charge in [-0.3, -0.25) is 0 Å². The van der Waals surface area contributed by atoms with Crippen LogP contribution in [0.25, 0.3) is 10.2 Å². The Morgan fingerprint density at radius 2 is 2.31 bits per heavy atom. The molecule has 1 aliphatic rings. The highest BCUT2D eigenvalue weighted by Gasteiger charge is 2.27. The summed E-state index contributed by atoms with van der Waals surface area (Å²) < 4.78 is 14.0. The Bertz CT molecular complexity index is 523. The van der Waals surface area contributed by atoms with Gasteiger partial charge in [0.25, 0.3) is 0 Å². The van der Waals surface area contributed by atoms with Gasteiger partial charge in [-0.2, -0.15) is 0 Å². The molecule has 2 heterocycles. The average Bonchev–Trinajstić information content (AvgIpc) is 2.82. The van der Waals surface area contributed by atoms with Gasteiger partial charge in [0.15, 0.2) is 0 Å². The largest absolute Gasteiger partial charge is 0.316 e. The minimum atomic E-state index is -0.180. The van der Waals surface area contributed by atoms with Crippen LogP contribution in [0.3, 0.4) is 0 Å². The SMILES string of the molecule is CC1CNCC1c1nc2ccc(F)cc2s1. The van der Waals surface area contributed by atoms with Gasteiger partial charge in [0.1, 0.15) is 5.82 Å². The van der Waals surface area contributed by atoms with Crippen molar-refractivity contribution in [3.8, 4) is 0 Å². The van der Waals surface area contributed by atoms with E-state index < -0.39 is 0 Å². The number of rotatable bonds is 1. The molecular weight excluding hydrogens is 223 g/mol. The first kappa shape index (κ1) is 10.2. The van der Waals surface area contributed by atoms with E-state index in [0.29, 0.717) is 11.8 Å². The fourth-order valence-corrected chi connectivity index (χ4v) is 3.44. The van der Waals surface area contributed by atoms with Gasteiger partial charge in [0.2, 0.25) is 0 Å². The third-order valence-corrected chi connectivity index (χ3v) is 4.35. The number of benzene rings is 1. The second-order valence-corrected chi connectivity index (χ2v) is 5.47. The summed E-state index contributed by atoms with van der Waals surface area (Å²) in [7, 11) is 0. The standard InChI is InChI=1S/C12H13FN2S/c1-7-5-14-6-9(7)12-15-10-3-2-8(13)4-11(10)16-12/h2-4,7,9,14H,5-6H2,1H3. The van der Waals surface area contributed by atoms with Crippen molar-refractivity contribution in [1.29, 1.82) is 0 Å². The Hall–Kier alpha value is -1.000. The van der Waals surface area contributed by atoms with Crippen LogP contribution in [0.1, 0.15) is 17.8 Å². The number of hydrogen-bond acceptors (Lipinski definition) is 3. The zero-order valence-electron chi connectivity index (χ0n) is 9.03. The first-order valence-corrected chi connectivity index (χ1v) is 6.32. The van der Waals surface area contributed by atoms with Crippen molar-refractivity contribution in [2.75, 3.05) is 13.1 Å². The molecule has 2 aromatic rings. The molecule has 3 rings (SSSR count). The third-order valence-electron chi connectivity index (χ3n) is 3.20. The van der Waals surface area contributed by atoms with E-state index in [2.05, 4.69) is 17.2 Å². The number of hydrogen-bond donors (Lipinski definition) is 1. The van der Waals surface area contributed by atoms with E-state index in [-0.39, 0.29) is 5.82 Å². The molecule has 0 saturated carbocycles. The number of nitrogens with one attached hydrogen (secondary N) is 1. The van der Waals surface area contributed by atoms with Crippen molar-refractivity contribution in [2.24, 2.45) is 5.92 Å². The van der Waals surface area contributed by atoms with Crippen molar-refractivity contribution >= 4 is 21.6 Å². The van der Waals surface area contributed by atoms with E-state index in [1.165, 1.54) is 6.07 Å². The van der Waals surface area contributed by atoms with Gasteiger partial charge < -0.3 is 5.32 Å². The first-order valence-electron chi connectivity index (χ1n) is 5.51. The number of aromatic nitrogens is 1. The van der Waals surface area contributed by atoms with E-state index in [1.54, 1.807) is 23.5 Å². The fourth-order valence-electron chi connectivity index (χ4n) is 2.22. The molecule has 4 heteroatoms. The summed E-state index contributed by atoms with van der Waals surface area (Å²) in [5.41, 5.74) is 0.917.